The van der Waals surface area contributed by atoms with E-state index in [-0.39, 0.29) is 42.2 Å². The van der Waals surface area contributed by atoms with Gasteiger partial charge in [0.1, 0.15) is 35.2 Å². The molecule has 306 valence electrons. The summed E-state index contributed by atoms with van der Waals surface area (Å²) in [5.74, 6) is -4.22. The summed E-state index contributed by atoms with van der Waals surface area (Å²) in [6.45, 7) is 16.7. The van der Waals surface area contributed by atoms with Gasteiger partial charge in [-0.2, -0.15) is 5.10 Å². The minimum absolute atomic E-state index is 0.0694. The van der Waals surface area contributed by atoms with E-state index in [1.54, 1.807) is 78.8 Å². The van der Waals surface area contributed by atoms with Crippen LogP contribution in [0.4, 0.5) is 4.79 Å². The Morgan fingerprint density at radius 1 is 1.09 bits per heavy atom. The molecule has 4 N–H and O–H groups in total. The summed E-state index contributed by atoms with van der Waals surface area (Å²) < 4.78 is 30.1. The molecule has 15 nitrogen and oxygen atoms in total. The van der Waals surface area contributed by atoms with Gasteiger partial charge < -0.3 is 44.6 Å². The Kier molecular flexibility index (Phi) is 10.5. The normalized spacial score (nSPS) is 33.8. The summed E-state index contributed by atoms with van der Waals surface area (Å²) >= 11 is 0. The zero-order valence-electron chi connectivity index (χ0n) is 33.8. The SMILES string of the molecule is CC(=O)O[C@@]12CO[C@@H]1C[C@@H]1NN=C3C(=O)C4=C(C)[C@@H](OC(=O)[C@H](O)[C@H](CC(C)C)NC(=O)OC(C)(C)C)C[C@@](O)([C@@H](OC(=O)c5ccccc5)[C@H]2[C@]31C)C4(C)C. The number of carbonyl (C=O) groups excluding carboxylic acids is 5. The highest BCUT2D eigenvalue weighted by atomic mass is 16.6. The van der Waals surface area contributed by atoms with E-state index < -0.39 is 99.8 Å². The van der Waals surface area contributed by atoms with Crippen LogP contribution in [0.2, 0.25) is 0 Å². The lowest BCUT2D eigenvalue weighted by Gasteiger charge is -2.66. The number of carbonyl (C=O) groups is 5. The zero-order chi connectivity index (χ0) is 41.3. The van der Waals surface area contributed by atoms with Crippen molar-refractivity contribution in [2.75, 3.05) is 6.61 Å². The lowest BCUT2D eigenvalue weighted by atomic mass is 9.44. The molecule has 0 unspecified atom stereocenters. The van der Waals surface area contributed by atoms with Gasteiger partial charge in [-0.05, 0) is 57.7 Å². The molecule has 1 saturated heterocycles. The van der Waals surface area contributed by atoms with Crippen LogP contribution in [0.25, 0.3) is 0 Å². The first-order valence-corrected chi connectivity index (χ1v) is 19.2. The topological polar surface area (TPSA) is 208 Å². The summed E-state index contributed by atoms with van der Waals surface area (Å²) in [5, 5.41) is 32.1. The van der Waals surface area contributed by atoms with Gasteiger partial charge in [0.15, 0.2) is 11.7 Å². The molecule has 2 aliphatic heterocycles. The maximum absolute atomic E-state index is 15.1. The van der Waals surface area contributed by atoms with Crippen LogP contribution in [-0.4, -0.2) is 106 Å². The molecule has 1 aromatic rings. The highest BCUT2D eigenvalue weighted by Gasteiger charge is 2.78. The van der Waals surface area contributed by atoms with Gasteiger partial charge in [-0.1, -0.05) is 52.8 Å². The quantitative estimate of drug-likeness (QED) is 0.209. The number of fused-ring (bicyclic) bond motifs is 4. The monoisotopic (exact) mass is 781 g/mol. The second kappa shape index (κ2) is 14.2. The van der Waals surface area contributed by atoms with E-state index in [9.17, 15) is 29.4 Å². The second-order valence-electron chi connectivity index (χ2n) is 18.1. The molecule has 10 atom stereocenters. The van der Waals surface area contributed by atoms with Gasteiger partial charge in [0.05, 0.1) is 30.2 Å². The molecule has 2 heterocycles. The smallest absolute Gasteiger partial charge is 0.407 e. The highest BCUT2D eigenvalue weighted by Crippen LogP contribution is 2.64. The molecule has 0 aromatic heterocycles. The fourth-order valence-electron chi connectivity index (χ4n) is 9.71. The van der Waals surface area contributed by atoms with E-state index >= 15 is 4.79 Å². The van der Waals surface area contributed by atoms with Crippen molar-refractivity contribution in [2.24, 2.45) is 27.8 Å². The Bertz CT molecular complexity index is 1850. The minimum atomic E-state index is -2.18. The van der Waals surface area contributed by atoms with Crippen LogP contribution in [0.3, 0.4) is 0 Å². The molecular formula is C41H55N3O12. The summed E-state index contributed by atoms with van der Waals surface area (Å²) in [6, 6.07) is 6.56. The summed E-state index contributed by atoms with van der Waals surface area (Å²) in [5.41, 5.74) is -3.45. The molecule has 0 radical (unpaired) electrons. The van der Waals surface area contributed by atoms with Crippen LogP contribution in [0.15, 0.2) is 46.6 Å². The number of hydrazone groups is 1. The number of ether oxygens (including phenoxy) is 5. The van der Waals surface area contributed by atoms with Crippen LogP contribution in [-0.2, 0) is 38.1 Å². The molecule has 0 spiro atoms. The van der Waals surface area contributed by atoms with Crippen LogP contribution >= 0.6 is 0 Å². The average molecular weight is 782 g/mol. The Labute approximate surface area is 326 Å². The standard InChI is InChI=1S/C41H55N3O12/c1-20(2)16-24(42-36(50)56-37(5,6)7)29(46)35(49)53-25-18-41(51)33(54-34(48)23-14-12-11-13-15-23)31-39(10)26(17-27-40(31,19-52-27)55-22(4)45)43-44-32(39)30(47)28(21(25)3)38(41,8)9/h11-15,20,24-27,29,31,33,43,46,51H,16-19H2,1-10H3,(H,42,50)/t24-,25-,26-,27+,29+,31-,33-,39+,40-,41+/m0/s1. The molecule has 1 amide bonds. The number of nitrogens with one attached hydrogen (secondary N) is 2. The fourth-order valence-corrected chi connectivity index (χ4v) is 9.71. The Morgan fingerprint density at radius 2 is 1.75 bits per heavy atom. The maximum atomic E-state index is 15.1. The number of esters is 3. The lowest BCUT2D eigenvalue weighted by molar-refractivity contribution is -0.329. The molecule has 5 aliphatic rings. The average Bonchev–Trinajstić information content (AvgIpc) is 3.42. The van der Waals surface area contributed by atoms with Crippen molar-refractivity contribution in [2.45, 2.75) is 142 Å². The van der Waals surface area contributed by atoms with Gasteiger partial charge in [-0.3, -0.25) is 9.59 Å². The predicted molar refractivity (Wildman–Crippen MR) is 200 cm³/mol. The fraction of sp³-hybridized carbons (Fsp3) is 0.659. The number of rotatable bonds is 9. The molecule has 3 aliphatic carbocycles. The van der Waals surface area contributed by atoms with Crippen LogP contribution in [0.1, 0.15) is 98.9 Å². The van der Waals surface area contributed by atoms with Crippen LogP contribution in [0, 0.1) is 22.7 Å². The van der Waals surface area contributed by atoms with Crippen molar-refractivity contribution in [1.82, 2.24) is 10.7 Å². The zero-order valence-corrected chi connectivity index (χ0v) is 33.8. The van der Waals surface area contributed by atoms with E-state index in [1.807, 2.05) is 13.8 Å². The first-order valence-electron chi connectivity index (χ1n) is 19.2. The second-order valence-corrected chi connectivity index (χ2v) is 18.1. The summed E-state index contributed by atoms with van der Waals surface area (Å²) in [7, 11) is 0. The number of amides is 1. The number of hydrogen-bond acceptors (Lipinski definition) is 14. The molecule has 15 heteroatoms. The van der Waals surface area contributed by atoms with E-state index in [0.29, 0.717) is 12.0 Å². The largest absolute Gasteiger partial charge is 0.456 e. The molecule has 1 aromatic carbocycles. The van der Waals surface area contributed by atoms with Crippen LogP contribution in [0.5, 0.6) is 0 Å². The first-order chi connectivity index (χ1) is 26.0. The Morgan fingerprint density at radius 3 is 2.32 bits per heavy atom. The predicted octanol–water partition coefficient (Wildman–Crippen LogP) is 3.54. The van der Waals surface area contributed by atoms with Crippen molar-refractivity contribution in [3.63, 3.8) is 0 Å². The van der Waals surface area contributed by atoms with Crippen molar-refractivity contribution in [1.29, 1.82) is 0 Å². The number of ketones is 1. The van der Waals surface area contributed by atoms with Gasteiger partial charge in [0, 0.05) is 36.2 Å². The van der Waals surface area contributed by atoms with E-state index in [1.165, 1.54) is 6.92 Å². The summed E-state index contributed by atoms with van der Waals surface area (Å²) in [4.78, 5) is 68.9. The molecule has 2 bridgehead atoms. The van der Waals surface area contributed by atoms with E-state index in [0.717, 1.165) is 0 Å². The molecule has 6 rings (SSSR count). The van der Waals surface area contributed by atoms with Gasteiger partial charge in [0.2, 0.25) is 5.78 Å². The first kappa shape index (κ1) is 41.3. The number of benzene rings is 1. The van der Waals surface area contributed by atoms with Gasteiger partial charge in [-0.25, -0.2) is 14.4 Å². The molecule has 2 saturated carbocycles. The van der Waals surface area contributed by atoms with Gasteiger partial charge in [0.25, 0.3) is 0 Å². The van der Waals surface area contributed by atoms with Crippen molar-refractivity contribution >= 4 is 35.5 Å². The van der Waals surface area contributed by atoms with Crippen LogP contribution < -0.4 is 10.7 Å². The van der Waals surface area contributed by atoms with E-state index in [4.69, 9.17) is 23.7 Å². The Hall–Kier alpha value is -4.34. The van der Waals surface area contributed by atoms with Gasteiger partial charge >= 0.3 is 24.0 Å². The third kappa shape index (κ3) is 6.68. The number of hydrogen-bond donors (Lipinski definition) is 4. The van der Waals surface area contributed by atoms with Crippen molar-refractivity contribution in [3.05, 3.63) is 47.0 Å². The third-order valence-corrected chi connectivity index (χ3v) is 12.4. The molecular weight excluding hydrogens is 726 g/mol. The Balaban J connectivity index is 1.48. The highest BCUT2D eigenvalue weighted by molar-refractivity contribution is 6.48. The lowest BCUT2D eigenvalue weighted by Crippen LogP contribution is -2.81. The van der Waals surface area contributed by atoms with Crippen molar-refractivity contribution < 1.29 is 57.9 Å². The van der Waals surface area contributed by atoms with Gasteiger partial charge in [-0.15, -0.1) is 0 Å². The van der Waals surface area contributed by atoms with E-state index in [2.05, 4.69) is 15.8 Å². The minimum Gasteiger partial charge on any atom is -0.456 e. The van der Waals surface area contributed by atoms with Crippen molar-refractivity contribution in [3.8, 4) is 0 Å². The summed E-state index contributed by atoms with van der Waals surface area (Å²) in [6.07, 6.45) is -6.15. The third-order valence-electron chi connectivity index (χ3n) is 12.4. The number of aliphatic hydroxyl groups excluding tert-OH is 1. The number of Topliss-reactive ketones (excluding diaryl/α,β-unsaturated/α-hetero) is 1. The molecule has 56 heavy (non-hydrogen) atoms. The number of aliphatic hydroxyl groups is 2. The molecule has 3 fully saturated rings. The number of alkyl carbamates (subject to hydrolysis) is 1. The number of nitrogens with zero attached hydrogens (tertiary/aromatic N) is 1. The maximum Gasteiger partial charge on any atom is 0.407 e.